The summed E-state index contributed by atoms with van der Waals surface area (Å²) in [4.78, 5) is 17.6. The highest BCUT2D eigenvalue weighted by molar-refractivity contribution is 7.15. The number of rotatable bonds is 2. The van der Waals surface area contributed by atoms with Crippen molar-refractivity contribution >= 4 is 34.0 Å². The zero-order valence-electron chi connectivity index (χ0n) is 12.7. The zero-order chi connectivity index (χ0) is 16.7. The predicted octanol–water partition coefficient (Wildman–Crippen LogP) is 3.33. The van der Waals surface area contributed by atoms with Gasteiger partial charge in [0.25, 0.3) is 5.56 Å². The van der Waals surface area contributed by atoms with Crippen LogP contribution in [0.3, 0.4) is 0 Å². The first-order valence-corrected chi connectivity index (χ1v) is 8.53. The van der Waals surface area contributed by atoms with E-state index < -0.39 is 0 Å². The second-order valence-electron chi connectivity index (χ2n) is 5.46. The van der Waals surface area contributed by atoms with Crippen LogP contribution in [0.4, 0.5) is 0 Å². The van der Waals surface area contributed by atoms with Crippen molar-refractivity contribution in [3.05, 3.63) is 79.6 Å². The molecule has 4 rings (SSSR count). The van der Waals surface area contributed by atoms with Crippen LogP contribution in [0.15, 0.2) is 53.3 Å². The van der Waals surface area contributed by atoms with Crippen molar-refractivity contribution in [2.75, 3.05) is 0 Å². The molecule has 0 N–H and O–H groups in total. The van der Waals surface area contributed by atoms with Gasteiger partial charge in [0.05, 0.1) is 4.53 Å². The maximum Gasteiger partial charge on any atom is 0.291 e. The molecule has 0 saturated carbocycles. The molecule has 0 saturated heterocycles. The number of aryl methyl sites for hydroxylation is 1. The van der Waals surface area contributed by atoms with Gasteiger partial charge in [-0.15, -0.1) is 5.10 Å². The summed E-state index contributed by atoms with van der Waals surface area (Å²) < 4.78 is 1.98. The Morgan fingerprint density at radius 1 is 1.08 bits per heavy atom. The van der Waals surface area contributed by atoms with E-state index in [1.54, 1.807) is 12.1 Å². The average molecular weight is 354 g/mol. The van der Waals surface area contributed by atoms with Crippen molar-refractivity contribution in [2.45, 2.75) is 6.92 Å². The molecule has 2 aromatic heterocycles. The van der Waals surface area contributed by atoms with Gasteiger partial charge in [-0.2, -0.15) is 9.50 Å². The molecule has 4 aromatic rings. The van der Waals surface area contributed by atoms with E-state index in [4.69, 9.17) is 11.6 Å². The van der Waals surface area contributed by atoms with Crippen LogP contribution >= 0.6 is 22.9 Å². The maximum absolute atomic E-state index is 12.5. The Hall–Kier alpha value is -2.50. The van der Waals surface area contributed by atoms with Crippen LogP contribution < -0.4 is 10.1 Å². The monoisotopic (exact) mass is 353 g/mol. The summed E-state index contributed by atoms with van der Waals surface area (Å²) in [6.07, 6.45) is 1.87. The second kappa shape index (κ2) is 5.85. The zero-order valence-corrected chi connectivity index (χ0v) is 14.3. The van der Waals surface area contributed by atoms with Crippen molar-refractivity contribution in [1.29, 1.82) is 0 Å². The largest absolute Gasteiger partial charge is 0.291 e. The van der Waals surface area contributed by atoms with Gasteiger partial charge >= 0.3 is 0 Å². The molecule has 0 atom stereocenters. The number of benzene rings is 2. The molecule has 0 radical (unpaired) electrons. The number of halogens is 1. The third kappa shape index (κ3) is 2.72. The van der Waals surface area contributed by atoms with Crippen LogP contribution in [-0.2, 0) is 0 Å². The van der Waals surface area contributed by atoms with Crippen LogP contribution in [0.5, 0.6) is 0 Å². The summed E-state index contributed by atoms with van der Waals surface area (Å²) in [5, 5.41) is 4.98. The molecule has 118 valence electrons. The fourth-order valence-electron chi connectivity index (χ4n) is 2.37. The highest BCUT2D eigenvalue weighted by atomic mass is 35.5. The van der Waals surface area contributed by atoms with Gasteiger partial charge in [0.1, 0.15) is 0 Å². The lowest BCUT2D eigenvalue weighted by Crippen LogP contribution is -2.23. The van der Waals surface area contributed by atoms with Crippen LogP contribution in [0.2, 0.25) is 5.02 Å². The molecule has 0 fully saturated rings. The minimum absolute atomic E-state index is 0.150. The number of hydrogen-bond donors (Lipinski definition) is 0. The molecule has 2 aromatic carbocycles. The molecule has 0 amide bonds. The third-order valence-electron chi connectivity index (χ3n) is 3.66. The molecule has 24 heavy (non-hydrogen) atoms. The van der Waals surface area contributed by atoms with Crippen molar-refractivity contribution in [3.63, 3.8) is 0 Å². The highest BCUT2D eigenvalue weighted by Crippen LogP contribution is 2.19. The highest BCUT2D eigenvalue weighted by Gasteiger charge is 2.11. The summed E-state index contributed by atoms with van der Waals surface area (Å²) in [5.74, 6) is 0.525. The van der Waals surface area contributed by atoms with E-state index in [2.05, 4.69) is 10.1 Å². The topological polar surface area (TPSA) is 47.3 Å². The second-order valence-corrected chi connectivity index (χ2v) is 6.91. The first kappa shape index (κ1) is 15.1. The quantitative estimate of drug-likeness (QED) is 0.555. The summed E-state index contributed by atoms with van der Waals surface area (Å²) in [6.45, 7) is 2.03. The molecule has 2 heterocycles. The summed E-state index contributed by atoms with van der Waals surface area (Å²) in [6, 6.07) is 15.3. The van der Waals surface area contributed by atoms with E-state index in [-0.39, 0.29) is 5.56 Å². The van der Waals surface area contributed by atoms with Gasteiger partial charge in [0, 0.05) is 10.6 Å². The van der Waals surface area contributed by atoms with Crippen molar-refractivity contribution in [3.8, 4) is 11.4 Å². The van der Waals surface area contributed by atoms with E-state index in [1.165, 1.54) is 21.4 Å². The molecule has 0 spiro atoms. The van der Waals surface area contributed by atoms with E-state index in [0.29, 0.717) is 20.3 Å². The molecule has 0 unspecified atom stereocenters. The first-order valence-electron chi connectivity index (χ1n) is 7.34. The Kier molecular flexibility index (Phi) is 3.67. The SMILES string of the molecule is Cc1ccc(/C=c2/sc3nc(-c4ccc(Cl)cc4)nn3c2=O)cc1. The fraction of sp³-hybridized carbons (Fsp3) is 0.0556. The van der Waals surface area contributed by atoms with Crippen LogP contribution in [0.1, 0.15) is 11.1 Å². The minimum Gasteiger partial charge on any atom is -0.266 e. The first-order chi connectivity index (χ1) is 11.6. The molecule has 6 heteroatoms. The van der Waals surface area contributed by atoms with Gasteiger partial charge in [-0.25, -0.2) is 0 Å². The molecule has 4 nitrogen and oxygen atoms in total. The number of aromatic nitrogens is 3. The smallest absolute Gasteiger partial charge is 0.266 e. The van der Waals surface area contributed by atoms with Crippen LogP contribution in [0, 0.1) is 6.92 Å². The van der Waals surface area contributed by atoms with Gasteiger partial charge < -0.3 is 0 Å². The van der Waals surface area contributed by atoms with Crippen molar-refractivity contribution in [2.24, 2.45) is 0 Å². The Bertz CT molecular complexity index is 1130. The number of fused-ring (bicyclic) bond motifs is 1. The van der Waals surface area contributed by atoms with Crippen molar-refractivity contribution < 1.29 is 0 Å². The normalized spacial score (nSPS) is 12.2. The lowest BCUT2D eigenvalue weighted by atomic mass is 10.1. The Labute approximate surface area is 146 Å². The van der Waals surface area contributed by atoms with Gasteiger partial charge in [-0.05, 0) is 42.8 Å². The standard InChI is InChI=1S/C18H12ClN3OS/c1-11-2-4-12(5-3-11)10-15-17(23)22-18(24-15)20-16(21-22)13-6-8-14(19)9-7-13/h2-10H,1H3/b15-10+. The van der Waals surface area contributed by atoms with Gasteiger partial charge in [0.15, 0.2) is 5.82 Å². The number of nitrogens with zero attached hydrogens (tertiary/aromatic N) is 3. The fourth-order valence-corrected chi connectivity index (χ4v) is 3.40. The third-order valence-corrected chi connectivity index (χ3v) is 4.87. The molecule has 0 bridgehead atoms. The lowest BCUT2D eigenvalue weighted by molar-refractivity contribution is 0.937. The molecule has 0 aliphatic heterocycles. The summed E-state index contributed by atoms with van der Waals surface area (Å²) in [7, 11) is 0. The molecular weight excluding hydrogens is 342 g/mol. The van der Waals surface area contributed by atoms with Gasteiger partial charge in [-0.1, -0.05) is 52.8 Å². The average Bonchev–Trinajstić information content (AvgIpc) is 3.11. The number of thiazole rings is 1. The maximum atomic E-state index is 12.5. The minimum atomic E-state index is -0.150. The lowest BCUT2D eigenvalue weighted by Gasteiger charge is -1.94. The van der Waals surface area contributed by atoms with E-state index in [9.17, 15) is 4.79 Å². The Morgan fingerprint density at radius 2 is 1.79 bits per heavy atom. The summed E-state index contributed by atoms with van der Waals surface area (Å²) in [5.41, 5.74) is 2.85. The van der Waals surface area contributed by atoms with E-state index in [1.807, 2.05) is 49.4 Å². The Balaban J connectivity index is 1.79. The Morgan fingerprint density at radius 3 is 2.46 bits per heavy atom. The van der Waals surface area contributed by atoms with Gasteiger partial charge in [-0.3, -0.25) is 4.79 Å². The predicted molar refractivity (Wildman–Crippen MR) is 97.5 cm³/mol. The van der Waals surface area contributed by atoms with Crippen LogP contribution in [-0.4, -0.2) is 14.6 Å². The van der Waals surface area contributed by atoms with Gasteiger partial charge in [0.2, 0.25) is 4.96 Å². The van der Waals surface area contributed by atoms with E-state index in [0.717, 1.165) is 11.1 Å². The number of hydrogen-bond acceptors (Lipinski definition) is 4. The molecule has 0 aliphatic rings. The summed E-state index contributed by atoms with van der Waals surface area (Å²) >= 11 is 7.23. The van der Waals surface area contributed by atoms with Crippen molar-refractivity contribution in [1.82, 2.24) is 14.6 Å². The van der Waals surface area contributed by atoms with Crippen LogP contribution in [0.25, 0.3) is 22.4 Å². The van der Waals surface area contributed by atoms with E-state index >= 15 is 0 Å². The molecule has 0 aliphatic carbocycles. The molecular formula is C18H12ClN3OS.